The summed E-state index contributed by atoms with van der Waals surface area (Å²) in [5.74, 6) is -1.20. The van der Waals surface area contributed by atoms with Crippen molar-refractivity contribution in [3.05, 3.63) is 56.7 Å². The topological polar surface area (TPSA) is 101 Å². The molecule has 0 bridgehead atoms. The van der Waals surface area contributed by atoms with Gasteiger partial charge in [0.15, 0.2) is 6.61 Å². The lowest BCUT2D eigenvalue weighted by molar-refractivity contribution is -0.147. The van der Waals surface area contributed by atoms with Gasteiger partial charge in [0.25, 0.3) is 11.5 Å². The number of nitrogens with one attached hydrogen (secondary N) is 2. The van der Waals surface area contributed by atoms with Gasteiger partial charge in [-0.2, -0.15) is 0 Å². The van der Waals surface area contributed by atoms with Gasteiger partial charge < -0.3 is 15.0 Å². The third-order valence-electron chi connectivity index (χ3n) is 4.91. The van der Waals surface area contributed by atoms with Crippen molar-refractivity contribution in [2.24, 2.45) is 0 Å². The van der Waals surface area contributed by atoms with E-state index >= 15 is 0 Å². The molecule has 4 rings (SSSR count). The number of fused-ring (bicyclic) bond motifs is 3. The van der Waals surface area contributed by atoms with Gasteiger partial charge in [-0.3, -0.25) is 14.4 Å². The number of nitrogens with zero attached hydrogens (tertiary/aromatic N) is 1. The minimum Gasteiger partial charge on any atom is -0.456 e. The highest BCUT2D eigenvalue weighted by molar-refractivity contribution is 7.18. The monoisotopic (exact) mass is 429 g/mol. The van der Waals surface area contributed by atoms with Gasteiger partial charge in [0.05, 0.1) is 11.8 Å². The summed E-state index contributed by atoms with van der Waals surface area (Å²) >= 11 is 1.55. The molecule has 0 spiro atoms. The number of amides is 1. The van der Waals surface area contributed by atoms with Crippen molar-refractivity contribution in [3.8, 4) is 0 Å². The molecular weight excluding hydrogens is 409 g/mol. The lowest BCUT2D eigenvalue weighted by Crippen LogP contribution is -2.21. The van der Waals surface area contributed by atoms with Gasteiger partial charge in [0.1, 0.15) is 16.5 Å². The van der Waals surface area contributed by atoms with E-state index in [4.69, 9.17) is 4.74 Å². The fourth-order valence-electron chi connectivity index (χ4n) is 3.53. The Balaban J connectivity index is 1.32. The Morgan fingerprint density at radius 1 is 1.27 bits per heavy atom. The summed E-state index contributed by atoms with van der Waals surface area (Å²) in [6, 6.07) is 5.42. The predicted octanol–water partition coefficient (Wildman–Crippen LogP) is 3.12. The average molecular weight is 429 g/mol. The first-order chi connectivity index (χ1) is 14.5. The van der Waals surface area contributed by atoms with Crippen LogP contribution in [-0.2, 0) is 33.6 Å². The molecule has 30 heavy (non-hydrogen) atoms. The number of hydrogen-bond acceptors (Lipinski definition) is 6. The van der Waals surface area contributed by atoms with Gasteiger partial charge in [0, 0.05) is 17.0 Å². The minimum absolute atomic E-state index is 0.0211. The van der Waals surface area contributed by atoms with E-state index in [1.54, 1.807) is 11.3 Å². The van der Waals surface area contributed by atoms with E-state index in [1.165, 1.54) is 29.1 Å². The number of halogens is 1. The maximum absolute atomic E-state index is 13.1. The normalized spacial score (nSPS) is 13.1. The van der Waals surface area contributed by atoms with Gasteiger partial charge in [-0.25, -0.2) is 9.37 Å². The zero-order valence-electron chi connectivity index (χ0n) is 16.1. The number of carbonyl (C=O) groups is 2. The van der Waals surface area contributed by atoms with E-state index in [0.29, 0.717) is 16.0 Å². The molecule has 0 aliphatic heterocycles. The quantitative estimate of drug-likeness (QED) is 0.587. The second kappa shape index (κ2) is 8.74. The Morgan fingerprint density at radius 2 is 2.10 bits per heavy atom. The molecule has 2 N–H and O–H groups in total. The Hall–Kier alpha value is -3.07. The second-order valence-corrected chi connectivity index (χ2v) is 8.21. The number of aryl methyl sites for hydroxylation is 3. The summed E-state index contributed by atoms with van der Waals surface area (Å²) in [7, 11) is 0. The first kappa shape index (κ1) is 20.2. The highest BCUT2D eigenvalue weighted by atomic mass is 32.1. The number of anilines is 1. The van der Waals surface area contributed by atoms with Crippen LogP contribution >= 0.6 is 11.3 Å². The molecule has 1 aromatic carbocycles. The number of aromatic amines is 1. The van der Waals surface area contributed by atoms with Crippen LogP contribution in [0, 0.1) is 5.82 Å². The molecule has 0 saturated heterocycles. The number of esters is 1. The standard InChI is InChI=1S/C21H20FN3O4S/c22-12-4-3-5-13(10-12)23-17(26)11-29-18(27)9-8-16-24-20(28)19-14-6-1-2-7-15(14)30-21(19)25-16/h3-5,10H,1-2,6-9,11H2,(H,23,26)(H,24,25,28). The summed E-state index contributed by atoms with van der Waals surface area (Å²) in [6.07, 6.45) is 4.28. The van der Waals surface area contributed by atoms with E-state index in [-0.39, 0.29) is 24.1 Å². The van der Waals surface area contributed by atoms with Crippen LogP contribution in [0.4, 0.5) is 10.1 Å². The Bertz CT molecular complexity index is 1170. The molecule has 2 aromatic heterocycles. The van der Waals surface area contributed by atoms with Crippen LogP contribution in [0.2, 0.25) is 0 Å². The zero-order chi connectivity index (χ0) is 21.1. The van der Waals surface area contributed by atoms with Gasteiger partial charge in [-0.1, -0.05) is 6.07 Å². The number of benzene rings is 1. The van der Waals surface area contributed by atoms with Crippen LogP contribution in [0.15, 0.2) is 29.1 Å². The number of ether oxygens (including phenoxy) is 1. The largest absolute Gasteiger partial charge is 0.456 e. The molecular formula is C21H20FN3O4S. The van der Waals surface area contributed by atoms with Crippen molar-refractivity contribution in [3.63, 3.8) is 0 Å². The van der Waals surface area contributed by atoms with Gasteiger partial charge >= 0.3 is 5.97 Å². The molecule has 0 fully saturated rings. The van der Waals surface area contributed by atoms with Crippen molar-refractivity contribution >= 4 is 39.1 Å². The van der Waals surface area contributed by atoms with E-state index in [0.717, 1.165) is 31.2 Å². The number of thiophene rings is 1. The fraction of sp³-hybridized carbons (Fsp3) is 0.333. The molecule has 1 aliphatic rings. The van der Waals surface area contributed by atoms with Crippen molar-refractivity contribution in [2.45, 2.75) is 38.5 Å². The molecule has 7 nitrogen and oxygen atoms in total. The van der Waals surface area contributed by atoms with Crippen LogP contribution in [0.3, 0.4) is 0 Å². The van der Waals surface area contributed by atoms with Crippen molar-refractivity contribution < 1.29 is 18.7 Å². The molecule has 1 amide bonds. The molecule has 3 aromatic rings. The third-order valence-corrected chi connectivity index (χ3v) is 6.10. The summed E-state index contributed by atoms with van der Waals surface area (Å²) in [6.45, 7) is -0.476. The average Bonchev–Trinajstić information content (AvgIpc) is 3.09. The van der Waals surface area contributed by atoms with Gasteiger partial charge in [-0.05, 0) is 49.4 Å². The Kier molecular flexibility index (Phi) is 5.89. The molecule has 1 aliphatic carbocycles. The maximum Gasteiger partial charge on any atom is 0.306 e. The van der Waals surface area contributed by atoms with Crippen LogP contribution in [-0.4, -0.2) is 28.5 Å². The SMILES string of the molecule is O=C(COC(=O)CCc1nc2sc3c(c2c(=O)[nH]1)CCCC3)Nc1cccc(F)c1. The number of rotatable bonds is 6. The molecule has 156 valence electrons. The van der Waals surface area contributed by atoms with E-state index < -0.39 is 24.3 Å². The Labute approximate surface area is 175 Å². The first-order valence-corrected chi connectivity index (χ1v) is 10.6. The second-order valence-electron chi connectivity index (χ2n) is 7.12. The summed E-state index contributed by atoms with van der Waals surface area (Å²) in [4.78, 5) is 45.5. The highest BCUT2D eigenvalue weighted by Crippen LogP contribution is 2.33. The van der Waals surface area contributed by atoms with Crippen molar-refractivity contribution in [1.82, 2.24) is 9.97 Å². The molecule has 0 atom stereocenters. The number of carbonyl (C=O) groups excluding carboxylic acids is 2. The zero-order valence-corrected chi connectivity index (χ0v) is 16.9. The summed E-state index contributed by atoms with van der Waals surface area (Å²) < 4.78 is 18.1. The van der Waals surface area contributed by atoms with E-state index in [1.807, 2.05) is 0 Å². The molecule has 0 saturated carbocycles. The first-order valence-electron chi connectivity index (χ1n) is 9.74. The van der Waals surface area contributed by atoms with Crippen LogP contribution in [0.25, 0.3) is 10.2 Å². The van der Waals surface area contributed by atoms with Gasteiger partial charge in [-0.15, -0.1) is 11.3 Å². The van der Waals surface area contributed by atoms with Gasteiger partial charge in [0.2, 0.25) is 0 Å². The minimum atomic E-state index is -0.586. The summed E-state index contributed by atoms with van der Waals surface area (Å²) in [5, 5.41) is 3.12. The van der Waals surface area contributed by atoms with Crippen LogP contribution in [0.1, 0.15) is 35.5 Å². The van der Waals surface area contributed by atoms with Crippen LogP contribution in [0.5, 0.6) is 0 Å². The summed E-state index contributed by atoms with van der Waals surface area (Å²) in [5.41, 5.74) is 1.23. The van der Waals surface area contributed by atoms with E-state index in [2.05, 4.69) is 15.3 Å². The molecule has 0 unspecified atom stereocenters. The maximum atomic E-state index is 13.1. The van der Waals surface area contributed by atoms with Crippen molar-refractivity contribution in [2.75, 3.05) is 11.9 Å². The lowest BCUT2D eigenvalue weighted by atomic mass is 9.97. The number of H-pyrrole nitrogens is 1. The predicted molar refractivity (Wildman–Crippen MR) is 111 cm³/mol. The fourth-order valence-corrected chi connectivity index (χ4v) is 4.81. The van der Waals surface area contributed by atoms with E-state index in [9.17, 15) is 18.8 Å². The third kappa shape index (κ3) is 4.56. The number of aromatic nitrogens is 2. The van der Waals surface area contributed by atoms with Crippen LogP contribution < -0.4 is 10.9 Å². The molecule has 0 radical (unpaired) electrons. The smallest absolute Gasteiger partial charge is 0.306 e. The lowest BCUT2D eigenvalue weighted by Gasteiger charge is -2.09. The molecule has 9 heteroatoms. The highest BCUT2D eigenvalue weighted by Gasteiger charge is 2.20. The van der Waals surface area contributed by atoms with Crippen molar-refractivity contribution in [1.29, 1.82) is 0 Å². The number of hydrogen-bond donors (Lipinski definition) is 2. The Morgan fingerprint density at radius 3 is 2.93 bits per heavy atom. The molecule has 2 heterocycles.